The van der Waals surface area contributed by atoms with Crippen LogP contribution < -0.4 is 0 Å². The zero-order valence-corrected chi connectivity index (χ0v) is 10.1. The number of carboxylic acid groups (broad SMARTS) is 1. The summed E-state index contributed by atoms with van der Waals surface area (Å²) < 4.78 is 5.32. The molecule has 3 nitrogen and oxygen atoms in total. The number of carboxylic acids is 1. The topological polar surface area (TPSA) is 46.5 Å². The molecular formula is C13H22O3. The van der Waals surface area contributed by atoms with E-state index in [2.05, 4.69) is 6.92 Å². The van der Waals surface area contributed by atoms with Crippen molar-refractivity contribution < 1.29 is 14.6 Å². The molecule has 0 unspecified atom stereocenters. The van der Waals surface area contributed by atoms with Crippen LogP contribution in [0.15, 0.2) is 0 Å². The first-order valence-corrected chi connectivity index (χ1v) is 6.46. The molecule has 0 amide bonds. The molecule has 3 heteroatoms. The predicted molar refractivity (Wildman–Crippen MR) is 61.2 cm³/mol. The van der Waals surface area contributed by atoms with E-state index < -0.39 is 11.4 Å². The van der Waals surface area contributed by atoms with E-state index >= 15 is 0 Å². The second-order valence-electron chi connectivity index (χ2n) is 5.53. The van der Waals surface area contributed by atoms with Crippen LogP contribution in [0.3, 0.4) is 0 Å². The summed E-state index contributed by atoms with van der Waals surface area (Å²) in [5.41, 5.74) is -0.474. The molecule has 92 valence electrons. The van der Waals surface area contributed by atoms with Crippen LogP contribution >= 0.6 is 0 Å². The highest BCUT2D eigenvalue weighted by Gasteiger charge is 2.47. The highest BCUT2D eigenvalue weighted by Crippen LogP contribution is 2.46. The highest BCUT2D eigenvalue weighted by molar-refractivity contribution is 5.75. The number of rotatable bonds is 2. The summed E-state index contributed by atoms with van der Waals surface area (Å²) in [7, 11) is 0. The van der Waals surface area contributed by atoms with Crippen molar-refractivity contribution in [1.29, 1.82) is 0 Å². The van der Waals surface area contributed by atoms with Gasteiger partial charge in [0.25, 0.3) is 0 Å². The minimum Gasteiger partial charge on any atom is -0.481 e. The zero-order valence-electron chi connectivity index (χ0n) is 10.1. The molecule has 16 heavy (non-hydrogen) atoms. The van der Waals surface area contributed by atoms with Crippen molar-refractivity contribution in [3.63, 3.8) is 0 Å². The Morgan fingerprint density at radius 3 is 2.25 bits per heavy atom. The van der Waals surface area contributed by atoms with Gasteiger partial charge in [0, 0.05) is 13.2 Å². The lowest BCUT2D eigenvalue weighted by Gasteiger charge is -2.42. The zero-order chi connectivity index (χ0) is 11.6. The summed E-state index contributed by atoms with van der Waals surface area (Å²) in [6, 6.07) is 0. The Morgan fingerprint density at radius 2 is 1.75 bits per heavy atom. The van der Waals surface area contributed by atoms with Crippen molar-refractivity contribution >= 4 is 5.97 Å². The van der Waals surface area contributed by atoms with Gasteiger partial charge >= 0.3 is 5.97 Å². The molecule has 0 spiro atoms. The van der Waals surface area contributed by atoms with Gasteiger partial charge in [-0.25, -0.2) is 0 Å². The van der Waals surface area contributed by atoms with Gasteiger partial charge < -0.3 is 9.84 Å². The van der Waals surface area contributed by atoms with Crippen molar-refractivity contribution in [1.82, 2.24) is 0 Å². The normalized spacial score (nSPS) is 34.6. The van der Waals surface area contributed by atoms with E-state index in [1.807, 2.05) is 0 Å². The van der Waals surface area contributed by atoms with Crippen LogP contribution in [0.1, 0.15) is 45.4 Å². The maximum atomic E-state index is 11.6. The number of hydrogen-bond donors (Lipinski definition) is 1. The molecule has 0 aromatic rings. The fraction of sp³-hybridized carbons (Fsp3) is 0.923. The molecular weight excluding hydrogens is 204 g/mol. The monoisotopic (exact) mass is 226 g/mol. The summed E-state index contributed by atoms with van der Waals surface area (Å²) in [6.07, 6.45) is 5.99. The number of aliphatic carboxylic acids is 1. The van der Waals surface area contributed by atoms with Gasteiger partial charge in [0.05, 0.1) is 5.41 Å². The Balaban J connectivity index is 2.09. The molecule has 1 heterocycles. The van der Waals surface area contributed by atoms with Crippen molar-refractivity contribution in [3.05, 3.63) is 0 Å². The summed E-state index contributed by atoms with van der Waals surface area (Å²) in [4.78, 5) is 11.6. The van der Waals surface area contributed by atoms with Crippen molar-refractivity contribution in [3.8, 4) is 0 Å². The standard InChI is InChI=1S/C13H22O3/c1-10-2-4-11(5-3-10)13(12(14)15)6-8-16-9-7-13/h10-11H,2-9H2,1H3,(H,14,15). The number of ether oxygens (including phenoxy) is 1. The van der Waals surface area contributed by atoms with Gasteiger partial charge in [-0.15, -0.1) is 0 Å². The van der Waals surface area contributed by atoms with Crippen LogP contribution in [-0.4, -0.2) is 24.3 Å². The number of hydrogen-bond acceptors (Lipinski definition) is 2. The van der Waals surface area contributed by atoms with E-state index in [-0.39, 0.29) is 0 Å². The lowest BCUT2D eigenvalue weighted by molar-refractivity contribution is -0.162. The van der Waals surface area contributed by atoms with Gasteiger partial charge in [0.2, 0.25) is 0 Å². The van der Waals surface area contributed by atoms with Crippen LogP contribution in [0.25, 0.3) is 0 Å². The summed E-state index contributed by atoms with van der Waals surface area (Å²) >= 11 is 0. The Bertz CT molecular complexity index is 248. The molecule has 0 aromatic carbocycles. The fourth-order valence-electron chi connectivity index (χ4n) is 3.35. The van der Waals surface area contributed by atoms with Gasteiger partial charge in [-0.2, -0.15) is 0 Å². The Kier molecular flexibility index (Phi) is 3.53. The second kappa shape index (κ2) is 4.74. The SMILES string of the molecule is CC1CCC(C2(C(=O)O)CCOCC2)CC1. The van der Waals surface area contributed by atoms with E-state index in [1.54, 1.807) is 0 Å². The molecule has 2 aliphatic rings. The fourth-order valence-corrected chi connectivity index (χ4v) is 3.35. The first-order chi connectivity index (χ1) is 7.65. The quantitative estimate of drug-likeness (QED) is 0.787. The van der Waals surface area contributed by atoms with E-state index in [9.17, 15) is 9.90 Å². The maximum absolute atomic E-state index is 11.6. The molecule has 1 N–H and O–H groups in total. The molecule has 1 saturated carbocycles. The van der Waals surface area contributed by atoms with E-state index in [4.69, 9.17) is 4.74 Å². The Labute approximate surface area is 97.2 Å². The summed E-state index contributed by atoms with van der Waals surface area (Å²) in [5.74, 6) is 0.572. The number of carbonyl (C=O) groups is 1. The third-order valence-electron chi connectivity index (χ3n) is 4.61. The molecule has 1 aliphatic carbocycles. The first kappa shape index (κ1) is 11.9. The molecule has 0 radical (unpaired) electrons. The third-order valence-corrected chi connectivity index (χ3v) is 4.61. The third kappa shape index (κ3) is 2.10. The summed E-state index contributed by atoms with van der Waals surface area (Å²) in [6.45, 7) is 3.52. The van der Waals surface area contributed by atoms with Gasteiger partial charge in [-0.3, -0.25) is 4.79 Å². The molecule has 0 atom stereocenters. The van der Waals surface area contributed by atoms with E-state index in [0.29, 0.717) is 32.0 Å². The van der Waals surface area contributed by atoms with Gasteiger partial charge in [-0.05, 0) is 37.5 Å². The van der Waals surface area contributed by atoms with Crippen LogP contribution in [-0.2, 0) is 9.53 Å². The average molecular weight is 226 g/mol. The van der Waals surface area contributed by atoms with Crippen LogP contribution in [0, 0.1) is 17.3 Å². The molecule has 2 rings (SSSR count). The minimum absolute atomic E-state index is 0.380. The Hall–Kier alpha value is -0.570. The maximum Gasteiger partial charge on any atom is 0.310 e. The first-order valence-electron chi connectivity index (χ1n) is 6.46. The van der Waals surface area contributed by atoms with Gasteiger partial charge in [0.1, 0.15) is 0 Å². The lowest BCUT2D eigenvalue weighted by Crippen LogP contribution is -2.44. The molecule has 1 saturated heterocycles. The van der Waals surface area contributed by atoms with E-state index in [0.717, 1.165) is 18.8 Å². The Morgan fingerprint density at radius 1 is 1.19 bits per heavy atom. The highest BCUT2D eigenvalue weighted by atomic mass is 16.5. The van der Waals surface area contributed by atoms with Gasteiger partial charge in [-0.1, -0.05) is 19.8 Å². The molecule has 2 fully saturated rings. The van der Waals surface area contributed by atoms with Crippen LogP contribution in [0.2, 0.25) is 0 Å². The average Bonchev–Trinajstić information content (AvgIpc) is 2.30. The predicted octanol–water partition coefficient (Wildman–Crippen LogP) is 2.69. The van der Waals surface area contributed by atoms with Crippen molar-refractivity contribution in [2.45, 2.75) is 45.4 Å². The smallest absolute Gasteiger partial charge is 0.310 e. The minimum atomic E-state index is -0.588. The van der Waals surface area contributed by atoms with Crippen molar-refractivity contribution in [2.75, 3.05) is 13.2 Å². The second-order valence-corrected chi connectivity index (χ2v) is 5.53. The molecule has 1 aliphatic heterocycles. The summed E-state index contributed by atoms with van der Waals surface area (Å²) in [5, 5.41) is 9.55. The van der Waals surface area contributed by atoms with Crippen LogP contribution in [0.4, 0.5) is 0 Å². The molecule has 0 aromatic heterocycles. The van der Waals surface area contributed by atoms with Crippen molar-refractivity contribution in [2.24, 2.45) is 17.3 Å². The van der Waals surface area contributed by atoms with E-state index in [1.165, 1.54) is 12.8 Å². The lowest BCUT2D eigenvalue weighted by atomic mass is 9.63. The largest absolute Gasteiger partial charge is 0.481 e. The molecule has 0 bridgehead atoms. The van der Waals surface area contributed by atoms with Gasteiger partial charge in [0.15, 0.2) is 0 Å². The van der Waals surface area contributed by atoms with Crippen LogP contribution in [0.5, 0.6) is 0 Å².